The van der Waals surface area contributed by atoms with Gasteiger partial charge in [0.1, 0.15) is 18.3 Å². The van der Waals surface area contributed by atoms with Gasteiger partial charge >= 0.3 is 5.69 Å². The summed E-state index contributed by atoms with van der Waals surface area (Å²) in [5.74, 6) is -0.714. The number of aliphatic hydroxyl groups is 1. The van der Waals surface area contributed by atoms with Crippen LogP contribution in [0.4, 0.5) is 4.39 Å². The molecule has 4 N–H and O–H groups in total. The summed E-state index contributed by atoms with van der Waals surface area (Å²) in [7, 11) is 0. The van der Waals surface area contributed by atoms with E-state index in [4.69, 9.17) is 10.5 Å². The third-order valence-corrected chi connectivity index (χ3v) is 3.70. The number of nitrogens with one attached hydrogen (secondary N) is 1. The lowest BCUT2D eigenvalue weighted by Gasteiger charge is -2.30. The van der Waals surface area contributed by atoms with Gasteiger partial charge in [0.15, 0.2) is 0 Å². The lowest BCUT2D eigenvalue weighted by atomic mass is 9.90. The Kier molecular flexibility index (Phi) is 3.95. The van der Waals surface area contributed by atoms with Gasteiger partial charge in [0.05, 0.1) is 6.61 Å². The molecule has 21 heavy (non-hydrogen) atoms. The number of aliphatic hydroxyl groups excluding tert-OH is 1. The Bertz CT molecular complexity index is 675. The maximum atomic E-state index is 13.2. The normalized spacial score (nSPS) is 32.0. The molecule has 0 radical (unpaired) electrons. The predicted molar refractivity (Wildman–Crippen MR) is 68.9 cm³/mol. The molecule has 1 saturated heterocycles. The van der Waals surface area contributed by atoms with Gasteiger partial charge in [-0.05, 0) is 6.42 Å². The van der Waals surface area contributed by atoms with E-state index in [2.05, 4.69) is 0 Å². The molecule has 1 fully saturated rings. The highest BCUT2D eigenvalue weighted by molar-refractivity contribution is 5.12. The lowest BCUT2D eigenvalue weighted by Crippen LogP contribution is -2.49. The highest BCUT2D eigenvalue weighted by atomic mass is 19.1. The molecule has 0 bridgehead atoms. The van der Waals surface area contributed by atoms with Gasteiger partial charge in [-0.2, -0.15) is 5.26 Å². The van der Waals surface area contributed by atoms with Crippen LogP contribution in [0.2, 0.25) is 0 Å². The molecule has 0 spiro atoms. The number of hydrogen-bond donors (Lipinski definition) is 3. The number of ether oxygens (including phenoxy) is 1. The van der Waals surface area contributed by atoms with Crippen molar-refractivity contribution in [1.82, 2.24) is 9.55 Å². The van der Waals surface area contributed by atoms with Crippen molar-refractivity contribution in [2.45, 2.75) is 17.7 Å². The summed E-state index contributed by atoms with van der Waals surface area (Å²) < 4.78 is 19.6. The van der Waals surface area contributed by atoms with Crippen LogP contribution >= 0.6 is 0 Å². The van der Waals surface area contributed by atoms with Gasteiger partial charge in [0.2, 0.25) is 5.72 Å². The minimum absolute atomic E-state index is 0.0182. The summed E-state index contributed by atoms with van der Waals surface area (Å²) >= 11 is 0. The number of aromatic nitrogens is 2. The van der Waals surface area contributed by atoms with Crippen LogP contribution in [0.25, 0.3) is 0 Å². The van der Waals surface area contributed by atoms with Crippen LogP contribution in [-0.4, -0.2) is 40.1 Å². The van der Waals surface area contributed by atoms with Gasteiger partial charge in [-0.1, -0.05) is 0 Å². The Balaban J connectivity index is 2.62. The average molecular weight is 298 g/mol. The van der Waals surface area contributed by atoms with E-state index in [1.165, 1.54) is 0 Å². The molecule has 1 aromatic rings. The molecule has 1 aliphatic heterocycles. The first-order valence-corrected chi connectivity index (χ1v) is 6.28. The van der Waals surface area contributed by atoms with Crippen molar-refractivity contribution in [3.05, 3.63) is 33.1 Å². The van der Waals surface area contributed by atoms with Crippen LogP contribution in [0.1, 0.15) is 6.42 Å². The van der Waals surface area contributed by atoms with Crippen LogP contribution in [0.3, 0.4) is 0 Å². The van der Waals surface area contributed by atoms with E-state index < -0.39 is 41.8 Å². The van der Waals surface area contributed by atoms with E-state index in [-0.39, 0.29) is 13.0 Å². The lowest BCUT2D eigenvalue weighted by molar-refractivity contribution is -0.151. The molecular formula is C12H15FN4O4. The van der Waals surface area contributed by atoms with Crippen molar-refractivity contribution < 1.29 is 14.2 Å². The number of H-pyrrole nitrogens is 1. The van der Waals surface area contributed by atoms with Gasteiger partial charge in [-0.3, -0.25) is 14.3 Å². The Morgan fingerprint density at radius 2 is 2.38 bits per heavy atom. The molecule has 0 aromatic carbocycles. The van der Waals surface area contributed by atoms with E-state index >= 15 is 0 Å². The number of rotatable bonds is 4. The second-order valence-corrected chi connectivity index (χ2v) is 5.00. The maximum absolute atomic E-state index is 13.2. The fraction of sp³-hybridized carbons (Fsp3) is 0.583. The molecule has 9 heteroatoms. The first-order valence-electron chi connectivity index (χ1n) is 6.28. The number of nitriles is 1. The number of nitrogens with zero attached hydrogens (tertiary/aromatic N) is 2. The number of aromatic amines is 1. The number of nitrogens with two attached hydrogens (primary N) is 1. The average Bonchev–Trinajstić information content (AvgIpc) is 2.83. The Morgan fingerprint density at radius 1 is 1.67 bits per heavy atom. The fourth-order valence-corrected chi connectivity index (χ4v) is 2.60. The predicted octanol–water partition coefficient (Wildman–Crippen LogP) is -1.59. The highest BCUT2D eigenvalue weighted by Crippen LogP contribution is 2.44. The fourth-order valence-electron chi connectivity index (χ4n) is 2.60. The first kappa shape index (κ1) is 15.4. The van der Waals surface area contributed by atoms with Gasteiger partial charge < -0.3 is 15.6 Å². The first-order chi connectivity index (χ1) is 9.96. The SMILES string of the molecule is N#CC1(n2ccc(=O)[nH]c2=O)OC(CO)(CF)CC1CN. The smallest absolute Gasteiger partial charge is 0.331 e. The van der Waals surface area contributed by atoms with Crippen LogP contribution in [0.5, 0.6) is 0 Å². The Hall–Kier alpha value is -2.02. The van der Waals surface area contributed by atoms with Gasteiger partial charge in [-0.15, -0.1) is 0 Å². The van der Waals surface area contributed by atoms with E-state index in [0.717, 1.165) is 16.8 Å². The summed E-state index contributed by atoms with van der Waals surface area (Å²) in [4.78, 5) is 25.0. The van der Waals surface area contributed by atoms with Gasteiger partial charge in [0, 0.05) is 24.7 Å². The summed E-state index contributed by atoms with van der Waals surface area (Å²) in [6.07, 6.45) is 1.08. The topological polar surface area (TPSA) is 134 Å². The van der Waals surface area contributed by atoms with Crippen molar-refractivity contribution >= 4 is 0 Å². The van der Waals surface area contributed by atoms with Crippen LogP contribution in [-0.2, 0) is 10.5 Å². The molecule has 1 aromatic heterocycles. The van der Waals surface area contributed by atoms with E-state index in [1.54, 1.807) is 0 Å². The van der Waals surface area contributed by atoms with Crippen LogP contribution in [0.15, 0.2) is 21.9 Å². The third-order valence-electron chi connectivity index (χ3n) is 3.70. The third kappa shape index (κ3) is 2.27. The zero-order valence-corrected chi connectivity index (χ0v) is 11.1. The largest absolute Gasteiger partial charge is 0.393 e. The maximum Gasteiger partial charge on any atom is 0.331 e. The van der Waals surface area contributed by atoms with Crippen LogP contribution in [0, 0.1) is 17.2 Å². The Labute approximate surface area is 118 Å². The van der Waals surface area contributed by atoms with Crippen molar-refractivity contribution in [2.75, 3.05) is 19.8 Å². The molecule has 1 aliphatic rings. The molecular weight excluding hydrogens is 283 g/mol. The molecule has 0 aliphatic carbocycles. The van der Waals surface area contributed by atoms with Crippen molar-refractivity contribution in [2.24, 2.45) is 11.7 Å². The van der Waals surface area contributed by atoms with Crippen molar-refractivity contribution in [1.29, 1.82) is 5.26 Å². The van der Waals surface area contributed by atoms with Gasteiger partial charge in [-0.25, -0.2) is 9.18 Å². The molecule has 2 heterocycles. The zero-order chi connectivity index (χ0) is 15.7. The van der Waals surface area contributed by atoms with Crippen molar-refractivity contribution in [3.8, 4) is 6.07 Å². The quantitative estimate of drug-likeness (QED) is 0.613. The zero-order valence-electron chi connectivity index (χ0n) is 11.1. The number of hydrogen-bond acceptors (Lipinski definition) is 6. The molecule has 3 atom stereocenters. The molecule has 0 saturated carbocycles. The molecule has 2 rings (SSSR count). The van der Waals surface area contributed by atoms with E-state index in [9.17, 15) is 24.3 Å². The summed E-state index contributed by atoms with van der Waals surface area (Å²) in [6.45, 7) is -1.73. The second-order valence-electron chi connectivity index (χ2n) is 5.00. The van der Waals surface area contributed by atoms with E-state index in [1.807, 2.05) is 11.1 Å². The number of halogens is 1. The molecule has 8 nitrogen and oxygen atoms in total. The Morgan fingerprint density at radius 3 is 2.86 bits per heavy atom. The molecule has 0 amide bonds. The number of alkyl halides is 1. The standard InChI is InChI=1S/C12H15FN4O4/c13-5-11(7-18)3-8(4-14)12(6-15,21-11)17-2-1-9(19)16-10(17)20/h1-2,8,18H,3-5,7,14H2,(H,16,19,20). The second kappa shape index (κ2) is 5.40. The summed E-state index contributed by atoms with van der Waals surface area (Å²) in [5.41, 5.74) is 0.653. The minimum atomic E-state index is -1.87. The molecule has 3 unspecified atom stereocenters. The summed E-state index contributed by atoms with van der Waals surface area (Å²) in [6, 6.07) is 2.89. The molecule has 114 valence electrons. The summed E-state index contributed by atoms with van der Waals surface area (Å²) in [5, 5.41) is 18.9. The van der Waals surface area contributed by atoms with Gasteiger partial charge in [0.25, 0.3) is 5.56 Å². The monoisotopic (exact) mass is 298 g/mol. The van der Waals surface area contributed by atoms with E-state index in [0.29, 0.717) is 0 Å². The van der Waals surface area contributed by atoms with Crippen LogP contribution < -0.4 is 17.0 Å². The minimum Gasteiger partial charge on any atom is -0.393 e. The van der Waals surface area contributed by atoms with Crippen molar-refractivity contribution in [3.63, 3.8) is 0 Å². The highest BCUT2D eigenvalue weighted by Gasteiger charge is 2.57.